The maximum absolute atomic E-state index is 12.2. The van der Waals surface area contributed by atoms with E-state index < -0.39 is 11.7 Å². The number of fused-ring (bicyclic) bond motifs is 1. The normalized spacial score (nSPS) is 10.9. The van der Waals surface area contributed by atoms with Crippen molar-refractivity contribution in [3.05, 3.63) is 65.4 Å². The summed E-state index contributed by atoms with van der Waals surface area (Å²) in [7, 11) is 0. The minimum Gasteiger partial charge on any atom is -0.408 e. The molecular weight excluding hydrogens is 322 g/mol. The van der Waals surface area contributed by atoms with Crippen LogP contribution in [-0.4, -0.2) is 25.4 Å². The van der Waals surface area contributed by atoms with Crippen LogP contribution in [0.25, 0.3) is 22.5 Å². The number of nitrogens with one attached hydrogen (secondary N) is 2. The van der Waals surface area contributed by atoms with Crippen molar-refractivity contribution in [3.8, 4) is 11.4 Å². The molecule has 0 aliphatic carbocycles. The summed E-state index contributed by atoms with van der Waals surface area (Å²) in [5.41, 5.74) is 2.40. The third-order valence-electron chi connectivity index (χ3n) is 3.65. The fraction of sp³-hybridized carbons (Fsp3) is 0.0588. The summed E-state index contributed by atoms with van der Waals surface area (Å²) in [5.74, 6) is -0.688. The van der Waals surface area contributed by atoms with Gasteiger partial charge in [0.25, 0.3) is 0 Å². The third kappa shape index (κ3) is 2.92. The first kappa shape index (κ1) is 14.9. The van der Waals surface area contributed by atoms with Crippen LogP contribution in [0.5, 0.6) is 0 Å². The molecule has 3 aromatic heterocycles. The molecule has 0 radical (unpaired) electrons. The summed E-state index contributed by atoms with van der Waals surface area (Å²) in [6.45, 7) is -0.171. The number of aromatic nitrogens is 4. The van der Waals surface area contributed by atoms with Crippen LogP contribution < -0.4 is 11.1 Å². The fourth-order valence-corrected chi connectivity index (χ4v) is 2.52. The molecule has 0 aliphatic rings. The quantitative estimate of drug-likeness (QED) is 0.593. The van der Waals surface area contributed by atoms with E-state index >= 15 is 0 Å². The van der Waals surface area contributed by atoms with Crippen molar-refractivity contribution >= 4 is 23.0 Å². The Morgan fingerprint density at radius 3 is 2.84 bits per heavy atom. The maximum atomic E-state index is 12.2. The number of hydrogen-bond acceptors (Lipinski definition) is 5. The minimum absolute atomic E-state index is 0.171. The first-order chi connectivity index (χ1) is 12.2. The number of pyridine rings is 1. The molecule has 2 N–H and O–H groups in total. The minimum atomic E-state index is -0.579. The van der Waals surface area contributed by atoms with E-state index in [1.165, 1.54) is 4.57 Å². The molecule has 0 bridgehead atoms. The molecule has 0 fully saturated rings. The lowest BCUT2D eigenvalue weighted by atomic mass is 10.3. The van der Waals surface area contributed by atoms with Crippen LogP contribution in [-0.2, 0) is 11.3 Å². The van der Waals surface area contributed by atoms with Crippen molar-refractivity contribution in [2.75, 3.05) is 5.32 Å². The second kappa shape index (κ2) is 6.08. The summed E-state index contributed by atoms with van der Waals surface area (Å²) in [6, 6.07) is 12.4. The lowest BCUT2D eigenvalue weighted by Crippen LogP contribution is -2.25. The Morgan fingerprint density at radius 1 is 1.16 bits per heavy atom. The van der Waals surface area contributed by atoms with E-state index in [0.717, 1.165) is 0 Å². The third-order valence-corrected chi connectivity index (χ3v) is 3.65. The molecular formula is C17H13N5O3. The second-order valence-corrected chi connectivity index (χ2v) is 5.33. The number of nitrogens with zero attached hydrogens (tertiary/aromatic N) is 3. The molecule has 8 nitrogen and oxygen atoms in total. The van der Waals surface area contributed by atoms with Crippen LogP contribution in [0.15, 0.2) is 64.1 Å². The number of benzene rings is 1. The Bertz CT molecular complexity index is 1090. The Kier molecular flexibility index (Phi) is 3.62. The van der Waals surface area contributed by atoms with E-state index in [1.807, 2.05) is 18.2 Å². The summed E-state index contributed by atoms with van der Waals surface area (Å²) in [6.07, 6.45) is 3.25. The van der Waals surface area contributed by atoms with Gasteiger partial charge in [-0.3, -0.25) is 19.7 Å². The van der Waals surface area contributed by atoms with Gasteiger partial charge in [-0.25, -0.2) is 9.78 Å². The molecule has 4 rings (SSSR count). The predicted molar refractivity (Wildman–Crippen MR) is 90.9 cm³/mol. The summed E-state index contributed by atoms with van der Waals surface area (Å²) >= 11 is 0. The van der Waals surface area contributed by atoms with Gasteiger partial charge in [0.2, 0.25) is 11.9 Å². The van der Waals surface area contributed by atoms with E-state index in [2.05, 4.69) is 20.3 Å². The zero-order valence-electron chi connectivity index (χ0n) is 13.0. The molecule has 1 amide bonds. The van der Waals surface area contributed by atoms with Crippen molar-refractivity contribution in [1.29, 1.82) is 0 Å². The molecule has 0 saturated heterocycles. The van der Waals surface area contributed by atoms with E-state index in [0.29, 0.717) is 22.5 Å². The SMILES string of the molecule is O=C(Cn1c(=O)oc2ccccc21)Nc1ncc(-c2ccccn2)[nH]1. The molecule has 0 saturated carbocycles. The number of carbonyl (C=O) groups excluding carboxylic acids is 1. The molecule has 25 heavy (non-hydrogen) atoms. The molecule has 0 spiro atoms. The van der Waals surface area contributed by atoms with Crippen molar-refractivity contribution < 1.29 is 9.21 Å². The first-order valence-corrected chi connectivity index (χ1v) is 7.55. The number of imidazole rings is 1. The molecule has 1 aromatic carbocycles. The predicted octanol–water partition coefficient (Wildman–Crippen LogP) is 2.02. The van der Waals surface area contributed by atoms with Crippen LogP contribution in [0.4, 0.5) is 5.95 Å². The Morgan fingerprint density at radius 2 is 2.00 bits per heavy atom. The average molecular weight is 335 g/mol. The number of amides is 1. The van der Waals surface area contributed by atoms with Crippen molar-refractivity contribution in [1.82, 2.24) is 19.5 Å². The summed E-state index contributed by atoms with van der Waals surface area (Å²) < 4.78 is 6.38. The van der Waals surface area contributed by atoms with Crippen LogP contribution in [0.3, 0.4) is 0 Å². The van der Waals surface area contributed by atoms with Gasteiger partial charge in [-0.15, -0.1) is 0 Å². The number of carbonyl (C=O) groups is 1. The molecule has 0 atom stereocenters. The first-order valence-electron chi connectivity index (χ1n) is 7.55. The Labute approximate surface area is 141 Å². The van der Waals surface area contributed by atoms with Gasteiger partial charge >= 0.3 is 5.76 Å². The molecule has 3 heterocycles. The zero-order valence-corrected chi connectivity index (χ0v) is 13.0. The van der Waals surface area contributed by atoms with Crippen LogP contribution in [0.2, 0.25) is 0 Å². The highest BCUT2D eigenvalue weighted by molar-refractivity contribution is 5.90. The number of para-hydroxylation sites is 2. The smallest absolute Gasteiger partial charge is 0.408 e. The fourth-order valence-electron chi connectivity index (χ4n) is 2.52. The molecule has 4 aromatic rings. The molecule has 8 heteroatoms. The van der Waals surface area contributed by atoms with Gasteiger partial charge in [0.1, 0.15) is 6.54 Å². The Balaban J connectivity index is 1.52. The van der Waals surface area contributed by atoms with E-state index in [-0.39, 0.29) is 12.5 Å². The maximum Gasteiger partial charge on any atom is 0.420 e. The average Bonchev–Trinajstić information content (AvgIpc) is 3.21. The largest absolute Gasteiger partial charge is 0.420 e. The number of hydrogen-bond donors (Lipinski definition) is 2. The highest BCUT2D eigenvalue weighted by atomic mass is 16.4. The van der Waals surface area contributed by atoms with Crippen molar-refractivity contribution in [2.24, 2.45) is 0 Å². The molecule has 0 aliphatic heterocycles. The highest BCUT2D eigenvalue weighted by Gasteiger charge is 2.13. The summed E-state index contributed by atoms with van der Waals surface area (Å²) in [4.78, 5) is 35.4. The Hall–Kier alpha value is -3.68. The second-order valence-electron chi connectivity index (χ2n) is 5.33. The van der Waals surface area contributed by atoms with Crippen molar-refractivity contribution in [3.63, 3.8) is 0 Å². The number of oxazole rings is 1. The van der Waals surface area contributed by atoms with Gasteiger partial charge in [0, 0.05) is 6.20 Å². The number of anilines is 1. The molecule has 124 valence electrons. The monoisotopic (exact) mass is 335 g/mol. The molecule has 0 unspecified atom stereocenters. The van der Waals surface area contributed by atoms with E-state index in [9.17, 15) is 9.59 Å². The zero-order chi connectivity index (χ0) is 17.2. The van der Waals surface area contributed by atoms with Gasteiger partial charge in [0.15, 0.2) is 5.58 Å². The topological polar surface area (TPSA) is 106 Å². The standard InChI is InChI=1S/C17H13N5O3/c23-15(10-22-13-6-1-2-7-14(13)25-17(22)24)21-16-19-9-12(20-16)11-5-3-4-8-18-11/h1-9H,10H2,(H2,19,20,21,23). The van der Waals surface area contributed by atoms with Gasteiger partial charge in [0.05, 0.1) is 23.1 Å². The van der Waals surface area contributed by atoms with Crippen molar-refractivity contribution in [2.45, 2.75) is 6.54 Å². The van der Waals surface area contributed by atoms with Gasteiger partial charge in [-0.1, -0.05) is 18.2 Å². The van der Waals surface area contributed by atoms with Gasteiger partial charge in [-0.05, 0) is 24.3 Å². The summed E-state index contributed by atoms with van der Waals surface area (Å²) in [5, 5.41) is 2.63. The van der Waals surface area contributed by atoms with Crippen LogP contribution in [0.1, 0.15) is 0 Å². The number of rotatable bonds is 4. The van der Waals surface area contributed by atoms with Gasteiger partial charge < -0.3 is 9.40 Å². The lowest BCUT2D eigenvalue weighted by molar-refractivity contribution is -0.116. The van der Waals surface area contributed by atoms with Crippen LogP contribution >= 0.6 is 0 Å². The number of aromatic amines is 1. The lowest BCUT2D eigenvalue weighted by Gasteiger charge is -2.03. The number of H-pyrrole nitrogens is 1. The van der Waals surface area contributed by atoms with Gasteiger partial charge in [-0.2, -0.15) is 0 Å². The van der Waals surface area contributed by atoms with Crippen LogP contribution in [0, 0.1) is 0 Å². The van der Waals surface area contributed by atoms with E-state index in [1.54, 1.807) is 36.7 Å². The van der Waals surface area contributed by atoms with E-state index in [4.69, 9.17) is 4.42 Å². The highest BCUT2D eigenvalue weighted by Crippen LogP contribution is 2.15.